The Bertz CT molecular complexity index is 918. The molecule has 2 aromatic carbocycles. The lowest BCUT2D eigenvalue weighted by molar-refractivity contribution is 0.890. The average molecular weight is 391 g/mol. The number of nitrogens with one attached hydrogen (secondary N) is 1. The van der Waals surface area contributed by atoms with Gasteiger partial charge in [0.15, 0.2) is 0 Å². The second-order valence-electron chi connectivity index (χ2n) is 5.37. The molecular weight excluding hydrogens is 371 g/mol. The number of nitrogen functional groups attached to an aromatic ring is 2. The Morgan fingerprint density at radius 1 is 1.04 bits per heavy atom. The Balaban J connectivity index is 0.00000169. The van der Waals surface area contributed by atoms with Gasteiger partial charge in [-0.05, 0) is 18.6 Å². The molecule has 136 valence electrons. The lowest BCUT2D eigenvalue weighted by Crippen LogP contribution is -2.12. The maximum atomic E-state index is 7.53. The van der Waals surface area contributed by atoms with Crippen LogP contribution >= 0.6 is 24.8 Å². The first-order valence-corrected chi connectivity index (χ1v) is 7.45. The van der Waals surface area contributed by atoms with Crippen molar-refractivity contribution in [3.05, 3.63) is 71.9 Å². The number of amidine groups is 1. The van der Waals surface area contributed by atoms with Crippen molar-refractivity contribution in [1.82, 2.24) is 9.66 Å². The molecule has 5 N–H and O–H groups in total. The first kappa shape index (κ1) is 21.2. The second kappa shape index (κ2) is 9.03. The quantitative estimate of drug-likeness (QED) is 0.468. The van der Waals surface area contributed by atoms with Gasteiger partial charge in [0.2, 0.25) is 5.95 Å². The standard InChI is InChI=1S/C18H18N6.2ClH/c1-12(14-8-5-9-15(10-14)17(19)20)23-24-11-16(22-18(24)21)13-6-3-2-4-7-13;;/h2-11H,1H3,(H3,19,20)(H2,21,22);2*1H/b23-12+;;. The number of aromatic nitrogens is 2. The molecule has 3 rings (SSSR count). The number of hydrogen-bond acceptors (Lipinski definition) is 4. The predicted octanol–water partition coefficient (Wildman–Crippen LogP) is 3.53. The van der Waals surface area contributed by atoms with Crippen molar-refractivity contribution in [2.45, 2.75) is 6.92 Å². The summed E-state index contributed by atoms with van der Waals surface area (Å²) < 4.78 is 1.55. The SMILES string of the molecule is C/C(=N\n1cc(-c2ccccc2)nc1N)c1cccc(C(=N)N)c1.Cl.Cl. The van der Waals surface area contributed by atoms with Crippen LogP contribution in [-0.2, 0) is 0 Å². The van der Waals surface area contributed by atoms with E-state index in [2.05, 4.69) is 10.1 Å². The molecule has 0 atom stereocenters. The molecule has 8 heteroatoms. The summed E-state index contributed by atoms with van der Waals surface area (Å²) in [6, 6.07) is 17.2. The summed E-state index contributed by atoms with van der Waals surface area (Å²) in [6.07, 6.45) is 1.79. The Labute approximate surface area is 164 Å². The summed E-state index contributed by atoms with van der Waals surface area (Å²) in [6.45, 7) is 1.88. The molecule has 0 aliphatic rings. The third-order valence-corrected chi connectivity index (χ3v) is 3.63. The van der Waals surface area contributed by atoms with Crippen molar-refractivity contribution in [3.63, 3.8) is 0 Å². The zero-order valence-corrected chi connectivity index (χ0v) is 15.7. The normalized spacial score (nSPS) is 10.6. The van der Waals surface area contributed by atoms with Crippen LogP contribution in [0.3, 0.4) is 0 Å². The number of benzene rings is 2. The van der Waals surface area contributed by atoms with Crippen LogP contribution in [0.2, 0.25) is 0 Å². The van der Waals surface area contributed by atoms with Gasteiger partial charge in [0.25, 0.3) is 0 Å². The van der Waals surface area contributed by atoms with Gasteiger partial charge in [0.05, 0.1) is 17.6 Å². The predicted molar refractivity (Wildman–Crippen MR) is 112 cm³/mol. The van der Waals surface area contributed by atoms with E-state index in [0.29, 0.717) is 11.5 Å². The van der Waals surface area contributed by atoms with Gasteiger partial charge in [-0.2, -0.15) is 5.10 Å². The lowest BCUT2D eigenvalue weighted by atomic mass is 10.1. The molecule has 0 aliphatic heterocycles. The molecule has 0 bridgehead atoms. The Hall–Kier alpha value is -2.83. The third-order valence-electron chi connectivity index (χ3n) is 3.63. The maximum absolute atomic E-state index is 7.53. The number of hydrogen-bond donors (Lipinski definition) is 3. The Morgan fingerprint density at radius 2 is 1.69 bits per heavy atom. The van der Waals surface area contributed by atoms with E-state index in [1.807, 2.05) is 55.5 Å². The first-order chi connectivity index (χ1) is 11.5. The highest BCUT2D eigenvalue weighted by Gasteiger charge is 2.07. The molecule has 1 aromatic heterocycles. The van der Waals surface area contributed by atoms with Crippen molar-refractivity contribution in [2.75, 3.05) is 5.73 Å². The van der Waals surface area contributed by atoms with Crippen LogP contribution in [-0.4, -0.2) is 21.2 Å². The number of nitrogens with two attached hydrogens (primary N) is 2. The van der Waals surface area contributed by atoms with Gasteiger partial charge in [-0.3, -0.25) is 5.41 Å². The maximum Gasteiger partial charge on any atom is 0.221 e. The summed E-state index contributed by atoms with van der Waals surface area (Å²) in [7, 11) is 0. The van der Waals surface area contributed by atoms with Crippen molar-refractivity contribution < 1.29 is 0 Å². The van der Waals surface area contributed by atoms with Gasteiger partial charge >= 0.3 is 0 Å². The van der Waals surface area contributed by atoms with E-state index >= 15 is 0 Å². The smallest absolute Gasteiger partial charge is 0.221 e. The van der Waals surface area contributed by atoms with E-state index in [1.165, 1.54) is 0 Å². The highest BCUT2D eigenvalue weighted by atomic mass is 35.5. The number of anilines is 1. The highest BCUT2D eigenvalue weighted by Crippen LogP contribution is 2.19. The molecule has 0 fully saturated rings. The van der Waals surface area contributed by atoms with Crippen LogP contribution in [0, 0.1) is 5.41 Å². The molecule has 0 unspecified atom stereocenters. The lowest BCUT2D eigenvalue weighted by Gasteiger charge is -2.04. The molecule has 0 spiro atoms. The molecule has 3 aromatic rings. The van der Waals surface area contributed by atoms with Crippen LogP contribution in [0.5, 0.6) is 0 Å². The zero-order chi connectivity index (χ0) is 17.1. The van der Waals surface area contributed by atoms with Crippen molar-refractivity contribution in [2.24, 2.45) is 10.8 Å². The van der Waals surface area contributed by atoms with Crippen LogP contribution in [0.4, 0.5) is 5.95 Å². The van der Waals surface area contributed by atoms with Crippen LogP contribution < -0.4 is 11.5 Å². The largest absolute Gasteiger partial charge is 0.384 e. The number of imidazole rings is 1. The zero-order valence-electron chi connectivity index (χ0n) is 14.1. The molecular formula is C18H20Cl2N6. The second-order valence-corrected chi connectivity index (χ2v) is 5.37. The van der Waals surface area contributed by atoms with Gasteiger partial charge < -0.3 is 11.5 Å². The molecule has 26 heavy (non-hydrogen) atoms. The Kier molecular flexibility index (Phi) is 7.37. The summed E-state index contributed by atoms with van der Waals surface area (Å²) in [5.74, 6) is 0.342. The minimum Gasteiger partial charge on any atom is -0.384 e. The summed E-state index contributed by atoms with van der Waals surface area (Å²) in [4.78, 5) is 4.35. The van der Waals surface area contributed by atoms with Crippen molar-refractivity contribution in [3.8, 4) is 11.3 Å². The minimum absolute atomic E-state index is 0. The first-order valence-electron chi connectivity index (χ1n) is 7.45. The highest BCUT2D eigenvalue weighted by molar-refractivity contribution is 6.02. The minimum atomic E-state index is 0. The third kappa shape index (κ3) is 4.62. The van der Waals surface area contributed by atoms with Gasteiger partial charge in [-0.25, -0.2) is 9.66 Å². The number of rotatable bonds is 4. The number of nitrogens with zero attached hydrogens (tertiary/aromatic N) is 3. The molecule has 0 aliphatic carbocycles. The van der Waals surface area contributed by atoms with Crippen LogP contribution in [0.15, 0.2) is 65.9 Å². The fraction of sp³-hybridized carbons (Fsp3) is 0.0556. The van der Waals surface area contributed by atoms with Crippen molar-refractivity contribution in [1.29, 1.82) is 5.41 Å². The molecule has 1 heterocycles. The van der Waals surface area contributed by atoms with E-state index in [-0.39, 0.29) is 30.6 Å². The number of halogens is 2. The summed E-state index contributed by atoms with van der Waals surface area (Å²) >= 11 is 0. The van der Waals surface area contributed by atoms with Gasteiger partial charge in [-0.1, -0.05) is 48.5 Å². The van der Waals surface area contributed by atoms with Crippen LogP contribution in [0.1, 0.15) is 18.1 Å². The monoisotopic (exact) mass is 390 g/mol. The van der Waals surface area contributed by atoms with E-state index in [0.717, 1.165) is 22.5 Å². The topological polar surface area (TPSA) is 106 Å². The molecule has 0 amide bonds. The van der Waals surface area contributed by atoms with Crippen LogP contribution in [0.25, 0.3) is 11.3 Å². The molecule has 0 saturated carbocycles. The summed E-state index contributed by atoms with van der Waals surface area (Å²) in [5.41, 5.74) is 15.5. The van der Waals surface area contributed by atoms with Gasteiger partial charge in [-0.15, -0.1) is 24.8 Å². The van der Waals surface area contributed by atoms with E-state index in [9.17, 15) is 0 Å². The summed E-state index contributed by atoms with van der Waals surface area (Å²) in [5, 5.41) is 12.0. The fourth-order valence-electron chi connectivity index (χ4n) is 2.34. The average Bonchev–Trinajstić information content (AvgIpc) is 2.96. The fourth-order valence-corrected chi connectivity index (χ4v) is 2.34. The van der Waals surface area contributed by atoms with Gasteiger partial charge in [0.1, 0.15) is 5.84 Å². The van der Waals surface area contributed by atoms with Crippen molar-refractivity contribution >= 4 is 42.3 Å². The van der Waals surface area contributed by atoms with Gasteiger partial charge in [0, 0.05) is 11.1 Å². The van der Waals surface area contributed by atoms with E-state index in [1.54, 1.807) is 16.9 Å². The molecule has 6 nitrogen and oxygen atoms in total. The van der Waals surface area contributed by atoms with E-state index < -0.39 is 0 Å². The Morgan fingerprint density at radius 3 is 2.35 bits per heavy atom. The molecule has 0 radical (unpaired) electrons. The van der Waals surface area contributed by atoms with E-state index in [4.69, 9.17) is 16.9 Å². The molecule has 0 saturated heterocycles.